The van der Waals surface area contributed by atoms with Crippen LogP contribution in [0.4, 0.5) is 0 Å². The highest BCUT2D eigenvalue weighted by atomic mass is 32.1. The Bertz CT molecular complexity index is 555. The standard InChI is InChI=1S/C18H26N2S/c1-13(2)20-18(5,17-19-14(3)15(4)21-17)12-11-16-9-7-6-8-10-16/h6-10,13,20H,11-12H2,1-5H3. The molecule has 1 aromatic carbocycles. The molecule has 0 fully saturated rings. The Labute approximate surface area is 132 Å². The fourth-order valence-electron chi connectivity index (χ4n) is 2.63. The van der Waals surface area contributed by atoms with Gasteiger partial charge in [0.2, 0.25) is 0 Å². The number of benzene rings is 1. The van der Waals surface area contributed by atoms with Gasteiger partial charge in [-0.25, -0.2) is 4.98 Å². The fourth-order valence-corrected chi connectivity index (χ4v) is 3.68. The summed E-state index contributed by atoms with van der Waals surface area (Å²) >= 11 is 1.82. The van der Waals surface area contributed by atoms with Crippen molar-refractivity contribution in [2.75, 3.05) is 0 Å². The van der Waals surface area contributed by atoms with Gasteiger partial charge in [-0.2, -0.15) is 0 Å². The molecule has 1 unspecified atom stereocenters. The van der Waals surface area contributed by atoms with Crippen molar-refractivity contribution in [2.45, 2.75) is 59.0 Å². The highest BCUT2D eigenvalue weighted by molar-refractivity contribution is 7.11. The molecule has 0 amide bonds. The van der Waals surface area contributed by atoms with Crippen molar-refractivity contribution < 1.29 is 0 Å². The first-order chi connectivity index (χ1) is 9.90. The van der Waals surface area contributed by atoms with Crippen molar-refractivity contribution in [1.82, 2.24) is 10.3 Å². The second-order valence-corrected chi connectivity index (χ2v) is 7.48. The lowest BCUT2D eigenvalue weighted by Gasteiger charge is -2.31. The Morgan fingerprint density at radius 2 is 1.86 bits per heavy atom. The van der Waals surface area contributed by atoms with Crippen LogP contribution in [-0.4, -0.2) is 11.0 Å². The minimum Gasteiger partial charge on any atom is -0.303 e. The molecule has 2 aromatic rings. The lowest BCUT2D eigenvalue weighted by molar-refractivity contribution is 0.310. The van der Waals surface area contributed by atoms with Gasteiger partial charge in [-0.05, 0) is 53.0 Å². The third-order valence-electron chi connectivity index (χ3n) is 3.86. The summed E-state index contributed by atoms with van der Waals surface area (Å²) in [6.45, 7) is 10.9. The number of hydrogen-bond acceptors (Lipinski definition) is 3. The predicted octanol–water partition coefficient (Wildman–Crippen LogP) is 4.61. The van der Waals surface area contributed by atoms with Crippen molar-refractivity contribution in [2.24, 2.45) is 0 Å². The molecule has 1 heterocycles. The quantitative estimate of drug-likeness (QED) is 0.843. The molecule has 0 aliphatic rings. The van der Waals surface area contributed by atoms with Gasteiger partial charge in [-0.1, -0.05) is 30.3 Å². The summed E-state index contributed by atoms with van der Waals surface area (Å²) in [4.78, 5) is 6.12. The van der Waals surface area contributed by atoms with Gasteiger partial charge in [0, 0.05) is 10.9 Å². The van der Waals surface area contributed by atoms with Crippen molar-refractivity contribution >= 4 is 11.3 Å². The molecular weight excluding hydrogens is 276 g/mol. The molecule has 1 N–H and O–H groups in total. The van der Waals surface area contributed by atoms with Gasteiger partial charge in [0.1, 0.15) is 5.01 Å². The molecule has 0 saturated heterocycles. The summed E-state index contributed by atoms with van der Waals surface area (Å²) in [7, 11) is 0. The van der Waals surface area contributed by atoms with Crippen LogP contribution in [0.1, 0.15) is 48.3 Å². The highest BCUT2D eigenvalue weighted by Crippen LogP contribution is 2.32. The molecule has 1 atom stereocenters. The fraction of sp³-hybridized carbons (Fsp3) is 0.500. The summed E-state index contributed by atoms with van der Waals surface area (Å²) in [5.74, 6) is 0. The molecule has 21 heavy (non-hydrogen) atoms. The van der Waals surface area contributed by atoms with Crippen molar-refractivity contribution in [3.8, 4) is 0 Å². The summed E-state index contributed by atoms with van der Waals surface area (Å²) in [6.07, 6.45) is 2.12. The first-order valence-corrected chi connectivity index (χ1v) is 8.48. The van der Waals surface area contributed by atoms with Crippen LogP contribution in [0.2, 0.25) is 0 Å². The Kier molecular flexibility index (Phi) is 5.17. The number of aromatic nitrogens is 1. The molecule has 2 rings (SSSR count). The minimum atomic E-state index is -0.0618. The molecule has 0 bridgehead atoms. The average Bonchev–Trinajstić information content (AvgIpc) is 2.78. The summed E-state index contributed by atoms with van der Waals surface area (Å²) < 4.78 is 0. The Morgan fingerprint density at radius 1 is 1.19 bits per heavy atom. The zero-order chi connectivity index (χ0) is 15.5. The van der Waals surface area contributed by atoms with E-state index in [-0.39, 0.29) is 5.54 Å². The van der Waals surface area contributed by atoms with Gasteiger partial charge in [0.15, 0.2) is 0 Å². The zero-order valence-corrected chi connectivity index (χ0v) is 14.6. The number of hydrogen-bond donors (Lipinski definition) is 1. The van der Waals surface area contributed by atoms with Gasteiger partial charge in [-0.15, -0.1) is 11.3 Å². The maximum atomic E-state index is 4.80. The topological polar surface area (TPSA) is 24.9 Å². The average molecular weight is 302 g/mol. The number of rotatable bonds is 6. The summed E-state index contributed by atoms with van der Waals surface area (Å²) in [5, 5.41) is 4.94. The third kappa shape index (κ3) is 4.14. The molecule has 0 aliphatic carbocycles. The van der Waals surface area contributed by atoms with Gasteiger partial charge in [0.25, 0.3) is 0 Å². The molecule has 3 heteroatoms. The van der Waals surface area contributed by atoms with E-state index in [4.69, 9.17) is 4.98 Å². The van der Waals surface area contributed by atoms with Crippen LogP contribution in [0, 0.1) is 13.8 Å². The van der Waals surface area contributed by atoms with Gasteiger partial charge >= 0.3 is 0 Å². The van der Waals surface area contributed by atoms with E-state index in [1.165, 1.54) is 15.4 Å². The van der Waals surface area contributed by atoms with Crippen LogP contribution in [0.3, 0.4) is 0 Å². The minimum absolute atomic E-state index is 0.0618. The number of thiazole rings is 1. The van der Waals surface area contributed by atoms with E-state index in [9.17, 15) is 0 Å². The van der Waals surface area contributed by atoms with Crippen LogP contribution in [-0.2, 0) is 12.0 Å². The van der Waals surface area contributed by atoms with E-state index in [1.807, 2.05) is 11.3 Å². The second kappa shape index (κ2) is 6.71. The van der Waals surface area contributed by atoms with Crippen LogP contribution in [0.5, 0.6) is 0 Å². The predicted molar refractivity (Wildman–Crippen MR) is 92.0 cm³/mol. The van der Waals surface area contributed by atoms with Crippen LogP contribution < -0.4 is 5.32 Å². The van der Waals surface area contributed by atoms with Crippen molar-refractivity contribution in [1.29, 1.82) is 0 Å². The van der Waals surface area contributed by atoms with Crippen LogP contribution in [0.15, 0.2) is 30.3 Å². The first-order valence-electron chi connectivity index (χ1n) is 7.67. The monoisotopic (exact) mass is 302 g/mol. The number of nitrogens with one attached hydrogen (secondary N) is 1. The second-order valence-electron chi connectivity index (χ2n) is 6.28. The normalized spacial score (nSPS) is 14.4. The molecule has 0 aliphatic heterocycles. The van der Waals surface area contributed by atoms with Crippen LogP contribution >= 0.6 is 11.3 Å². The molecule has 114 valence electrons. The van der Waals surface area contributed by atoms with Gasteiger partial charge < -0.3 is 5.32 Å². The largest absolute Gasteiger partial charge is 0.303 e. The smallest absolute Gasteiger partial charge is 0.113 e. The highest BCUT2D eigenvalue weighted by Gasteiger charge is 2.30. The summed E-state index contributed by atoms with van der Waals surface area (Å²) in [5.41, 5.74) is 2.49. The van der Waals surface area contributed by atoms with E-state index in [0.717, 1.165) is 18.5 Å². The first kappa shape index (κ1) is 16.2. The molecule has 0 saturated carbocycles. The summed E-state index contributed by atoms with van der Waals surface area (Å²) in [6, 6.07) is 11.1. The van der Waals surface area contributed by atoms with E-state index >= 15 is 0 Å². The SMILES string of the molecule is Cc1nc(C(C)(CCc2ccccc2)NC(C)C)sc1C. The molecule has 1 aromatic heterocycles. The van der Waals surface area contributed by atoms with E-state index < -0.39 is 0 Å². The van der Waals surface area contributed by atoms with E-state index in [1.54, 1.807) is 0 Å². The van der Waals surface area contributed by atoms with E-state index in [2.05, 4.69) is 70.3 Å². The Morgan fingerprint density at radius 3 is 2.38 bits per heavy atom. The molecule has 2 nitrogen and oxygen atoms in total. The number of nitrogens with zero attached hydrogens (tertiary/aromatic N) is 1. The molecule has 0 radical (unpaired) electrons. The lowest BCUT2D eigenvalue weighted by atomic mass is 9.93. The maximum absolute atomic E-state index is 4.80. The Balaban J connectivity index is 2.20. The molecule has 0 spiro atoms. The maximum Gasteiger partial charge on any atom is 0.113 e. The molecular formula is C18H26N2S. The van der Waals surface area contributed by atoms with Crippen molar-refractivity contribution in [3.63, 3.8) is 0 Å². The van der Waals surface area contributed by atoms with Crippen molar-refractivity contribution in [3.05, 3.63) is 51.5 Å². The van der Waals surface area contributed by atoms with E-state index in [0.29, 0.717) is 6.04 Å². The number of aryl methyl sites for hydroxylation is 3. The third-order valence-corrected chi connectivity index (χ3v) is 5.20. The lowest BCUT2D eigenvalue weighted by Crippen LogP contribution is -2.44. The van der Waals surface area contributed by atoms with Crippen LogP contribution in [0.25, 0.3) is 0 Å². The van der Waals surface area contributed by atoms with Gasteiger partial charge in [0.05, 0.1) is 11.2 Å². The Hall–Kier alpha value is -1.19. The van der Waals surface area contributed by atoms with Gasteiger partial charge in [-0.3, -0.25) is 0 Å². The zero-order valence-electron chi connectivity index (χ0n) is 13.7.